The van der Waals surface area contributed by atoms with Crippen LogP contribution >= 0.6 is 15.9 Å². The fourth-order valence-electron chi connectivity index (χ4n) is 1.64. The van der Waals surface area contributed by atoms with E-state index in [1.807, 2.05) is 32.0 Å². The van der Waals surface area contributed by atoms with Crippen molar-refractivity contribution in [3.63, 3.8) is 0 Å². The highest BCUT2D eigenvalue weighted by atomic mass is 79.9. The lowest BCUT2D eigenvalue weighted by atomic mass is 10.2. The van der Waals surface area contributed by atoms with Crippen molar-refractivity contribution in [3.8, 4) is 5.69 Å². The second-order valence-electron chi connectivity index (χ2n) is 3.88. The van der Waals surface area contributed by atoms with Gasteiger partial charge in [0.1, 0.15) is 5.82 Å². The fraction of sp³-hybridized carbons (Fsp3) is 0.250. The molecule has 0 aliphatic heterocycles. The molecule has 1 heterocycles. The molecule has 0 aliphatic rings. The molecule has 1 aromatic heterocycles. The zero-order valence-electron chi connectivity index (χ0n) is 10.0. The molecule has 0 radical (unpaired) electrons. The molecule has 0 aliphatic carbocycles. The van der Waals surface area contributed by atoms with E-state index in [1.54, 1.807) is 4.68 Å². The zero-order valence-corrected chi connectivity index (χ0v) is 11.6. The maximum Gasteiger partial charge on any atom is 0.375 e. The number of benzene rings is 1. The molecule has 0 fully saturated rings. The number of aryl methyl sites for hydroxylation is 2. The van der Waals surface area contributed by atoms with Gasteiger partial charge < -0.3 is 5.11 Å². The third kappa shape index (κ3) is 2.28. The largest absolute Gasteiger partial charge is 0.475 e. The van der Waals surface area contributed by atoms with E-state index in [9.17, 15) is 4.79 Å². The van der Waals surface area contributed by atoms with Crippen LogP contribution in [0.4, 0.5) is 0 Å². The summed E-state index contributed by atoms with van der Waals surface area (Å²) in [4.78, 5) is 14.9. The van der Waals surface area contributed by atoms with Gasteiger partial charge in [0, 0.05) is 10.9 Å². The van der Waals surface area contributed by atoms with Crippen molar-refractivity contribution in [2.75, 3.05) is 0 Å². The molecular formula is C12H12BrN3O2. The van der Waals surface area contributed by atoms with E-state index in [-0.39, 0.29) is 5.82 Å². The Morgan fingerprint density at radius 3 is 2.78 bits per heavy atom. The minimum Gasteiger partial charge on any atom is -0.475 e. The number of carbonyl (C=O) groups is 1. The second-order valence-corrected chi connectivity index (χ2v) is 4.73. The standard InChI is InChI=1S/C12H12BrN3O2/c1-3-10-14-11(12(17)18)15-16(10)9-5-4-7(2)6-8(9)13/h4-6H,3H2,1-2H3,(H,17,18). The topological polar surface area (TPSA) is 68.0 Å². The van der Waals surface area contributed by atoms with Crippen LogP contribution in [0.15, 0.2) is 22.7 Å². The molecule has 2 aromatic rings. The van der Waals surface area contributed by atoms with Gasteiger partial charge in [0.15, 0.2) is 0 Å². The average molecular weight is 310 g/mol. The van der Waals surface area contributed by atoms with E-state index in [0.29, 0.717) is 12.2 Å². The van der Waals surface area contributed by atoms with Gasteiger partial charge in [-0.05, 0) is 40.5 Å². The van der Waals surface area contributed by atoms with Crippen LogP contribution in [0.2, 0.25) is 0 Å². The van der Waals surface area contributed by atoms with E-state index < -0.39 is 5.97 Å². The molecule has 1 aromatic carbocycles. The van der Waals surface area contributed by atoms with Crippen molar-refractivity contribution in [3.05, 3.63) is 39.9 Å². The lowest BCUT2D eigenvalue weighted by Crippen LogP contribution is -2.04. The number of halogens is 1. The first kappa shape index (κ1) is 12.8. The highest BCUT2D eigenvalue weighted by Crippen LogP contribution is 2.23. The summed E-state index contributed by atoms with van der Waals surface area (Å²) in [5.41, 5.74) is 1.90. The van der Waals surface area contributed by atoms with Gasteiger partial charge in [-0.3, -0.25) is 0 Å². The molecule has 0 spiro atoms. The van der Waals surface area contributed by atoms with Crippen LogP contribution in [0.3, 0.4) is 0 Å². The molecule has 2 rings (SSSR count). The van der Waals surface area contributed by atoms with Gasteiger partial charge in [-0.1, -0.05) is 13.0 Å². The number of hydrogen-bond donors (Lipinski definition) is 1. The smallest absolute Gasteiger partial charge is 0.375 e. The molecule has 1 N–H and O–H groups in total. The maximum atomic E-state index is 10.9. The summed E-state index contributed by atoms with van der Waals surface area (Å²) in [5.74, 6) is -0.678. The van der Waals surface area contributed by atoms with Gasteiger partial charge in [0.2, 0.25) is 0 Å². The van der Waals surface area contributed by atoms with Crippen molar-refractivity contribution in [2.45, 2.75) is 20.3 Å². The zero-order chi connectivity index (χ0) is 13.3. The molecule has 0 unspecified atom stereocenters. The van der Waals surface area contributed by atoms with Crippen molar-refractivity contribution in [1.29, 1.82) is 0 Å². The van der Waals surface area contributed by atoms with Crippen LogP contribution < -0.4 is 0 Å². The minimum atomic E-state index is -1.12. The van der Waals surface area contributed by atoms with Gasteiger partial charge in [-0.15, -0.1) is 5.10 Å². The van der Waals surface area contributed by atoms with E-state index in [1.165, 1.54) is 0 Å². The van der Waals surface area contributed by atoms with Gasteiger partial charge in [-0.2, -0.15) is 0 Å². The summed E-state index contributed by atoms with van der Waals surface area (Å²) in [6.07, 6.45) is 0.612. The van der Waals surface area contributed by atoms with Crippen LogP contribution in [0, 0.1) is 6.92 Å². The third-order valence-corrected chi connectivity index (χ3v) is 3.15. The Kier molecular flexibility index (Phi) is 3.47. The van der Waals surface area contributed by atoms with Crippen LogP contribution in [0.5, 0.6) is 0 Å². The average Bonchev–Trinajstić information content (AvgIpc) is 2.73. The Morgan fingerprint density at radius 2 is 2.22 bits per heavy atom. The molecule has 0 saturated heterocycles. The number of carboxylic acids is 1. The molecule has 5 nitrogen and oxygen atoms in total. The van der Waals surface area contributed by atoms with Crippen LogP contribution in [-0.2, 0) is 6.42 Å². The van der Waals surface area contributed by atoms with Crippen molar-refractivity contribution in [2.24, 2.45) is 0 Å². The summed E-state index contributed by atoms with van der Waals surface area (Å²) < 4.78 is 2.42. The van der Waals surface area contributed by atoms with Crippen LogP contribution in [-0.4, -0.2) is 25.8 Å². The molecule has 0 atom stereocenters. The number of carboxylic acid groups (broad SMARTS) is 1. The number of nitrogens with zero attached hydrogens (tertiary/aromatic N) is 3. The monoisotopic (exact) mass is 309 g/mol. The SMILES string of the molecule is CCc1nc(C(=O)O)nn1-c1ccc(C)cc1Br. The first-order valence-corrected chi connectivity index (χ1v) is 6.28. The van der Waals surface area contributed by atoms with E-state index in [4.69, 9.17) is 5.11 Å². The van der Waals surface area contributed by atoms with Crippen molar-refractivity contribution >= 4 is 21.9 Å². The first-order valence-electron chi connectivity index (χ1n) is 5.48. The number of rotatable bonds is 3. The van der Waals surface area contributed by atoms with Gasteiger partial charge in [0.25, 0.3) is 5.82 Å². The van der Waals surface area contributed by atoms with Crippen LogP contribution in [0.1, 0.15) is 28.9 Å². The number of hydrogen-bond acceptors (Lipinski definition) is 3. The van der Waals surface area contributed by atoms with Crippen LogP contribution in [0.25, 0.3) is 5.69 Å². The normalized spacial score (nSPS) is 10.6. The van der Waals surface area contributed by atoms with Crippen molar-refractivity contribution in [1.82, 2.24) is 14.8 Å². The number of aromatic nitrogens is 3. The highest BCUT2D eigenvalue weighted by molar-refractivity contribution is 9.10. The van der Waals surface area contributed by atoms with E-state index in [2.05, 4.69) is 26.0 Å². The fourth-order valence-corrected chi connectivity index (χ4v) is 2.30. The summed E-state index contributed by atoms with van der Waals surface area (Å²) >= 11 is 3.46. The van der Waals surface area contributed by atoms with E-state index >= 15 is 0 Å². The molecule has 6 heteroatoms. The van der Waals surface area contributed by atoms with E-state index in [0.717, 1.165) is 15.7 Å². The Hall–Kier alpha value is -1.69. The molecule has 0 amide bonds. The lowest BCUT2D eigenvalue weighted by molar-refractivity contribution is 0.0683. The second kappa shape index (κ2) is 4.89. The quantitative estimate of drug-likeness (QED) is 0.946. The van der Waals surface area contributed by atoms with Gasteiger partial charge in [0.05, 0.1) is 5.69 Å². The van der Waals surface area contributed by atoms with Crippen molar-refractivity contribution < 1.29 is 9.90 Å². The molecular weight excluding hydrogens is 298 g/mol. The summed E-state index contributed by atoms with van der Waals surface area (Å²) in [7, 11) is 0. The Balaban J connectivity index is 2.58. The minimum absolute atomic E-state index is 0.181. The van der Waals surface area contributed by atoms with Gasteiger partial charge in [-0.25, -0.2) is 14.5 Å². The Labute approximate surface area is 113 Å². The lowest BCUT2D eigenvalue weighted by Gasteiger charge is -2.07. The molecule has 18 heavy (non-hydrogen) atoms. The molecule has 0 saturated carbocycles. The van der Waals surface area contributed by atoms with Gasteiger partial charge >= 0.3 is 5.97 Å². The number of aromatic carboxylic acids is 1. The maximum absolute atomic E-state index is 10.9. The predicted octanol–water partition coefficient (Wildman–Crippen LogP) is 2.60. The predicted molar refractivity (Wildman–Crippen MR) is 70.1 cm³/mol. The summed E-state index contributed by atoms with van der Waals surface area (Å²) in [6, 6.07) is 5.79. The Morgan fingerprint density at radius 1 is 1.50 bits per heavy atom. The Bertz CT molecular complexity index is 607. The molecule has 94 valence electrons. The summed E-state index contributed by atoms with van der Waals surface area (Å²) in [6.45, 7) is 3.90. The highest BCUT2D eigenvalue weighted by Gasteiger charge is 2.16. The molecule has 0 bridgehead atoms. The first-order chi connectivity index (χ1) is 8.52. The summed E-state index contributed by atoms with van der Waals surface area (Å²) in [5, 5.41) is 12.9. The third-order valence-electron chi connectivity index (χ3n) is 2.51.